The second kappa shape index (κ2) is 8.20. The van der Waals surface area contributed by atoms with Crippen molar-refractivity contribution in [3.8, 4) is 0 Å². The highest BCUT2D eigenvalue weighted by atomic mass is 32.2. The number of nitrogens with zero attached hydrogens (tertiary/aromatic N) is 1. The molecule has 0 fully saturated rings. The van der Waals surface area contributed by atoms with Gasteiger partial charge in [-0.05, 0) is 24.8 Å². The van der Waals surface area contributed by atoms with Crippen LogP contribution >= 0.6 is 11.8 Å². The molecule has 9 heteroatoms. The molecule has 7 nitrogen and oxygen atoms in total. The van der Waals surface area contributed by atoms with Crippen LogP contribution in [0, 0.1) is 10.1 Å². The van der Waals surface area contributed by atoms with E-state index in [-0.39, 0.29) is 11.4 Å². The molecule has 0 atom stereocenters. The molecule has 118 valence electrons. The van der Waals surface area contributed by atoms with Crippen LogP contribution in [0.2, 0.25) is 0 Å². The molecule has 0 aliphatic carbocycles. The van der Waals surface area contributed by atoms with E-state index in [1.54, 1.807) is 0 Å². The number of rotatable bonds is 9. The van der Waals surface area contributed by atoms with Gasteiger partial charge >= 0.3 is 0 Å². The predicted octanol–water partition coefficient (Wildman–Crippen LogP) is 2.06. The maximum Gasteiger partial charge on any atom is 0.289 e. The van der Waals surface area contributed by atoms with Crippen molar-refractivity contribution in [1.29, 1.82) is 0 Å². The van der Waals surface area contributed by atoms with Crippen LogP contribution in [0.5, 0.6) is 0 Å². The zero-order valence-corrected chi connectivity index (χ0v) is 13.6. The molecule has 2 N–H and O–H groups in total. The van der Waals surface area contributed by atoms with Gasteiger partial charge in [0, 0.05) is 30.6 Å². The summed E-state index contributed by atoms with van der Waals surface area (Å²) in [6, 6.07) is 4.02. The van der Waals surface area contributed by atoms with E-state index in [2.05, 4.69) is 10.0 Å². The van der Waals surface area contributed by atoms with E-state index in [9.17, 15) is 18.5 Å². The largest absolute Gasteiger partial charge is 0.385 e. The maximum absolute atomic E-state index is 12.2. The molecule has 1 aromatic carbocycles. The lowest BCUT2D eigenvalue weighted by Crippen LogP contribution is -2.26. The van der Waals surface area contributed by atoms with Gasteiger partial charge < -0.3 is 5.32 Å². The molecule has 0 aliphatic heterocycles. The fraction of sp³-hybridized carbons (Fsp3) is 0.500. The molecule has 1 aromatic rings. The van der Waals surface area contributed by atoms with Crippen molar-refractivity contribution in [2.75, 3.05) is 30.4 Å². The van der Waals surface area contributed by atoms with Gasteiger partial charge in [0.2, 0.25) is 10.0 Å². The third-order valence-electron chi connectivity index (χ3n) is 2.62. The van der Waals surface area contributed by atoms with E-state index in [1.165, 1.54) is 30.0 Å². The Kier molecular flexibility index (Phi) is 6.93. The monoisotopic (exact) mass is 333 g/mol. The zero-order chi connectivity index (χ0) is 15.9. The second-order valence-electron chi connectivity index (χ2n) is 4.26. The van der Waals surface area contributed by atoms with Crippen molar-refractivity contribution < 1.29 is 13.3 Å². The number of sulfonamides is 1. The van der Waals surface area contributed by atoms with Crippen LogP contribution < -0.4 is 10.0 Å². The second-order valence-corrected chi connectivity index (χ2v) is 6.98. The van der Waals surface area contributed by atoms with Crippen LogP contribution in [-0.2, 0) is 10.0 Å². The highest BCUT2D eigenvalue weighted by Crippen LogP contribution is 2.27. The molecule has 0 unspecified atom stereocenters. The van der Waals surface area contributed by atoms with Crippen molar-refractivity contribution in [3.63, 3.8) is 0 Å². The van der Waals surface area contributed by atoms with E-state index in [0.717, 1.165) is 6.42 Å². The van der Waals surface area contributed by atoms with Gasteiger partial charge in [0.05, 0.1) is 4.92 Å². The lowest BCUT2D eigenvalue weighted by atomic mass is 10.3. The van der Waals surface area contributed by atoms with Gasteiger partial charge in [-0.25, -0.2) is 13.1 Å². The molecule has 0 aliphatic rings. The Morgan fingerprint density at radius 2 is 2.05 bits per heavy atom. The molecule has 0 spiro atoms. The molecule has 0 amide bonds. The van der Waals surface area contributed by atoms with Crippen molar-refractivity contribution in [2.45, 2.75) is 18.2 Å². The van der Waals surface area contributed by atoms with Crippen LogP contribution in [0.1, 0.15) is 13.3 Å². The number of nitro groups is 1. The van der Waals surface area contributed by atoms with Gasteiger partial charge in [-0.2, -0.15) is 11.8 Å². The fourth-order valence-corrected chi connectivity index (χ4v) is 3.28. The average Bonchev–Trinajstić information content (AvgIpc) is 2.44. The molecular formula is C12H19N3O4S2. The summed E-state index contributed by atoms with van der Waals surface area (Å²) < 4.78 is 26.8. The number of nitrogens with one attached hydrogen (secondary N) is 2. The molecule has 21 heavy (non-hydrogen) atoms. The van der Waals surface area contributed by atoms with E-state index < -0.39 is 20.6 Å². The normalized spacial score (nSPS) is 11.3. The number of benzene rings is 1. The van der Waals surface area contributed by atoms with E-state index in [0.29, 0.717) is 18.0 Å². The zero-order valence-electron chi connectivity index (χ0n) is 12.0. The van der Waals surface area contributed by atoms with Crippen molar-refractivity contribution in [1.82, 2.24) is 4.72 Å². The summed E-state index contributed by atoms with van der Waals surface area (Å²) in [5, 5.41) is 14.0. The number of anilines is 1. The molecule has 1 rings (SSSR count). The smallest absolute Gasteiger partial charge is 0.289 e. The first kappa shape index (κ1) is 17.7. The number of nitro benzene ring substituents is 1. The van der Waals surface area contributed by atoms with Crippen LogP contribution in [0.4, 0.5) is 11.4 Å². The molecule has 0 saturated carbocycles. The number of thioether (sulfide) groups is 1. The van der Waals surface area contributed by atoms with Crippen LogP contribution in [0.3, 0.4) is 0 Å². The minimum absolute atomic E-state index is 0.229. The van der Waals surface area contributed by atoms with Crippen LogP contribution in [0.15, 0.2) is 23.1 Å². The van der Waals surface area contributed by atoms with E-state index in [1.807, 2.05) is 13.2 Å². The third-order valence-corrected chi connectivity index (χ3v) is 4.73. The minimum atomic E-state index is -3.90. The Morgan fingerprint density at radius 3 is 2.62 bits per heavy atom. The molecule has 0 bridgehead atoms. The van der Waals surface area contributed by atoms with Gasteiger partial charge in [-0.15, -0.1) is 0 Å². The minimum Gasteiger partial charge on any atom is -0.385 e. The standard InChI is InChI=1S/C12H19N3O4S2/c1-3-6-13-10-4-5-11(15(16)17)12(9-10)21(18,19)14-7-8-20-2/h4-5,9,13-14H,3,6-8H2,1-2H3. The SMILES string of the molecule is CCCNc1ccc([N+](=O)[O-])c(S(=O)(=O)NCCSC)c1. The summed E-state index contributed by atoms with van der Waals surface area (Å²) in [7, 11) is -3.90. The highest BCUT2D eigenvalue weighted by molar-refractivity contribution is 7.98. The Bertz CT molecular complexity index is 590. The first-order valence-electron chi connectivity index (χ1n) is 6.43. The molecule has 0 heterocycles. The van der Waals surface area contributed by atoms with Crippen molar-refractivity contribution in [2.24, 2.45) is 0 Å². The van der Waals surface area contributed by atoms with Gasteiger partial charge in [0.1, 0.15) is 0 Å². The maximum atomic E-state index is 12.2. The third kappa shape index (κ3) is 5.18. The molecule has 0 aromatic heterocycles. The molecule has 0 radical (unpaired) electrons. The molecular weight excluding hydrogens is 314 g/mol. The lowest BCUT2D eigenvalue weighted by molar-refractivity contribution is -0.387. The first-order valence-corrected chi connectivity index (χ1v) is 9.31. The molecule has 0 saturated heterocycles. The van der Waals surface area contributed by atoms with Crippen LogP contribution in [-0.4, -0.2) is 38.4 Å². The lowest BCUT2D eigenvalue weighted by Gasteiger charge is -2.10. The Hall–Kier alpha value is -1.32. The predicted molar refractivity (Wildman–Crippen MR) is 85.4 cm³/mol. The summed E-state index contributed by atoms with van der Waals surface area (Å²) >= 11 is 1.49. The first-order chi connectivity index (χ1) is 9.92. The Balaban J connectivity index is 3.13. The fourth-order valence-electron chi connectivity index (χ4n) is 1.62. The van der Waals surface area contributed by atoms with E-state index in [4.69, 9.17) is 0 Å². The average molecular weight is 333 g/mol. The summed E-state index contributed by atoms with van der Waals surface area (Å²) in [4.78, 5) is 10.0. The topological polar surface area (TPSA) is 101 Å². The van der Waals surface area contributed by atoms with Gasteiger partial charge in [0.25, 0.3) is 5.69 Å². The van der Waals surface area contributed by atoms with Crippen molar-refractivity contribution in [3.05, 3.63) is 28.3 Å². The summed E-state index contributed by atoms with van der Waals surface area (Å²) in [5.74, 6) is 0.598. The van der Waals surface area contributed by atoms with Gasteiger partial charge in [-0.3, -0.25) is 10.1 Å². The Labute approximate surface area is 128 Å². The summed E-state index contributed by atoms with van der Waals surface area (Å²) in [6.45, 7) is 2.87. The van der Waals surface area contributed by atoms with E-state index >= 15 is 0 Å². The number of hydrogen-bond acceptors (Lipinski definition) is 6. The van der Waals surface area contributed by atoms with Crippen LogP contribution in [0.25, 0.3) is 0 Å². The van der Waals surface area contributed by atoms with Crippen molar-refractivity contribution >= 4 is 33.2 Å². The van der Waals surface area contributed by atoms with Gasteiger partial charge in [0.15, 0.2) is 4.90 Å². The summed E-state index contributed by atoms with van der Waals surface area (Å²) in [5.41, 5.74) is 0.126. The van der Waals surface area contributed by atoms with Gasteiger partial charge in [-0.1, -0.05) is 6.92 Å². The number of hydrogen-bond donors (Lipinski definition) is 2. The Morgan fingerprint density at radius 1 is 1.33 bits per heavy atom. The highest BCUT2D eigenvalue weighted by Gasteiger charge is 2.25. The quantitative estimate of drug-likeness (QED) is 0.407. The summed E-state index contributed by atoms with van der Waals surface area (Å²) in [6.07, 6.45) is 2.72.